The van der Waals surface area contributed by atoms with E-state index in [-0.39, 0.29) is 37.9 Å². The second-order valence-corrected chi connectivity index (χ2v) is 6.92. The van der Waals surface area contributed by atoms with Gasteiger partial charge in [-0.2, -0.15) is 0 Å². The molecule has 1 aromatic carbocycles. The van der Waals surface area contributed by atoms with Crippen molar-refractivity contribution in [1.82, 2.24) is 10.2 Å². The summed E-state index contributed by atoms with van der Waals surface area (Å²) >= 11 is 3.60. The van der Waals surface area contributed by atoms with Crippen LogP contribution in [0, 0.1) is 5.82 Å². The molecule has 3 rings (SSSR count). The molecule has 2 aliphatic heterocycles. The number of nitrogens with one attached hydrogen (secondary N) is 1. The average Bonchev–Trinajstić information content (AvgIpc) is 3.06. The summed E-state index contributed by atoms with van der Waals surface area (Å²) in [5.41, 5.74) is 6.16. The van der Waals surface area contributed by atoms with E-state index in [4.69, 9.17) is 10.5 Å². The van der Waals surface area contributed by atoms with Gasteiger partial charge < -0.3 is 25.6 Å². The third-order valence-corrected chi connectivity index (χ3v) is 4.90. The molecule has 1 aromatic rings. The van der Waals surface area contributed by atoms with E-state index in [0.717, 1.165) is 0 Å². The third kappa shape index (κ3) is 5.43. The molecule has 12 heteroatoms. The molecule has 2 fully saturated rings. The molecule has 0 aliphatic carbocycles. The first-order chi connectivity index (χ1) is 13.4. The Hall–Kier alpha value is -2.24. The Labute approximate surface area is 179 Å². The van der Waals surface area contributed by atoms with Gasteiger partial charge in [0.05, 0.1) is 31.0 Å². The third-order valence-electron chi connectivity index (χ3n) is 4.75. The van der Waals surface area contributed by atoms with Gasteiger partial charge >= 0.3 is 6.09 Å². The molecular weight excluding hydrogens is 425 g/mol. The Bertz CT molecular complexity index is 778. The van der Waals surface area contributed by atoms with Gasteiger partial charge in [-0.05, 0) is 18.2 Å². The summed E-state index contributed by atoms with van der Waals surface area (Å²) in [6.07, 6.45) is -1.13. The molecule has 0 bridgehead atoms. The van der Waals surface area contributed by atoms with Gasteiger partial charge in [-0.15, -0.1) is 12.4 Å². The molecule has 9 nitrogen and oxygen atoms in total. The van der Waals surface area contributed by atoms with Gasteiger partial charge in [-0.3, -0.25) is 14.5 Å². The van der Waals surface area contributed by atoms with Crippen LogP contribution in [0.4, 0.5) is 25.4 Å². The van der Waals surface area contributed by atoms with Gasteiger partial charge in [-0.1, -0.05) is 12.6 Å². The van der Waals surface area contributed by atoms with Gasteiger partial charge in [0, 0.05) is 26.2 Å². The van der Waals surface area contributed by atoms with Gasteiger partial charge in [0.25, 0.3) is 5.24 Å². The Balaban J connectivity index is 0.00000300. The average molecular weight is 448 g/mol. The summed E-state index contributed by atoms with van der Waals surface area (Å²) in [7, 11) is 0. The number of carbonyl (C=O) groups is 3. The van der Waals surface area contributed by atoms with Crippen LogP contribution in [0.2, 0.25) is 0 Å². The number of anilines is 2. The smallest absolute Gasteiger partial charge is 0.414 e. The first-order valence-electron chi connectivity index (χ1n) is 8.86. The number of amides is 3. The van der Waals surface area contributed by atoms with Crippen LogP contribution in [-0.4, -0.2) is 74.1 Å². The van der Waals surface area contributed by atoms with Crippen LogP contribution < -0.4 is 20.9 Å². The molecule has 0 spiro atoms. The standard InChI is InChI=1S/C17H22FN5O4S.ClH/c18-13-7-11(23-10-12(27-17(23)26)9-20-16(25)28)1-2-14(13)21-3-5-22(6-4-21)15(24)8-19;/h1-2,7,12H,3-6,8-10,19H2,(H2,20,25,28);1H. The number of hydrogen-bond acceptors (Lipinski definition) is 6. The number of nitrogens with zero attached hydrogens (tertiary/aromatic N) is 3. The topological polar surface area (TPSA) is 108 Å². The van der Waals surface area contributed by atoms with E-state index in [1.807, 2.05) is 4.90 Å². The Morgan fingerprint density at radius 1 is 1.28 bits per heavy atom. The van der Waals surface area contributed by atoms with Crippen LogP contribution in [0.1, 0.15) is 0 Å². The molecule has 2 aliphatic rings. The summed E-state index contributed by atoms with van der Waals surface area (Å²) < 4.78 is 19.9. The minimum absolute atomic E-state index is 0. The highest BCUT2D eigenvalue weighted by Crippen LogP contribution is 2.28. The molecule has 0 aromatic heterocycles. The van der Waals surface area contributed by atoms with E-state index in [0.29, 0.717) is 37.6 Å². The zero-order valence-electron chi connectivity index (χ0n) is 15.5. The fourth-order valence-corrected chi connectivity index (χ4v) is 3.38. The number of thiol groups is 1. The minimum atomic E-state index is -0.598. The number of rotatable bonds is 5. The number of carbonyl (C=O) groups excluding carboxylic acids is 3. The summed E-state index contributed by atoms with van der Waals surface area (Å²) in [5, 5.41) is 1.95. The van der Waals surface area contributed by atoms with E-state index in [2.05, 4.69) is 17.9 Å². The molecule has 2 heterocycles. The number of piperazine rings is 1. The number of nitrogens with two attached hydrogens (primary N) is 1. The second kappa shape index (κ2) is 9.99. The highest BCUT2D eigenvalue weighted by Gasteiger charge is 2.33. The van der Waals surface area contributed by atoms with Crippen LogP contribution in [0.15, 0.2) is 18.2 Å². The summed E-state index contributed by atoms with van der Waals surface area (Å²) in [6, 6.07) is 4.55. The van der Waals surface area contributed by atoms with Crippen molar-refractivity contribution in [2.75, 3.05) is 55.6 Å². The Morgan fingerprint density at radius 3 is 2.55 bits per heavy atom. The second-order valence-electron chi connectivity index (χ2n) is 6.51. The molecule has 1 atom stereocenters. The van der Waals surface area contributed by atoms with Crippen LogP contribution in [-0.2, 0) is 9.53 Å². The largest absolute Gasteiger partial charge is 0.442 e. The van der Waals surface area contributed by atoms with Crippen LogP contribution >= 0.6 is 25.0 Å². The van der Waals surface area contributed by atoms with Crippen molar-refractivity contribution in [1.29, 1.82) is 0 Å². The molecule has 0 saturated carbocycles. The fraction of sp³-hybridized carbons (Fsp3) is 0.471. The lowest BCUT2D eigenvalue weighted by Crippen LogP contribution is -2.50. The minimum Gasteiger partial charge on any atom is -0.442 e. The van der Waals surface area contributed by atoms with Gasteiger partial charge in [0.2, 0.25) is 5.91 Å². The van der Waals surface area contributed by atoms with Crippen LogP contribution in [0.25, 0.3) is 0 Å². The monoisotopic (exact) mass is 447 g/mol. The van der Waals surface area contributed by atoms with E-state index >= 15 is 0 Å². The summed E-state index contributed by atoms with van der Waals surface area (Å²) in [5.74, 6) is -0.581. The molecule has 1 unspecified atom stereocenters. The van der Waals surface area contributed by atoms with Gasteiger partial charge in [-0.25, -0.2) is 9.18 Å². The Morgan fingerprint density at radius 2 is 1.97 bits per heavy atom. The predicted octanol–water partition coefficient (Wildman–Crippen LogP) is 0.819. The van der Waals surface area contributed by atoms with Gasteiger partial charge in [0.15, 0.2) is 0 Å². The number of hydrogen-bond donors (Lipinski definition) is 3. The van der Waals surface area contributed by atoms with Crippen molar-refractivity contribution >= 4 is 53.7 Å². The fourth-order valence-electron chi connectivity index (χ4n) is 3.29. The van der Waals surface area contributed by atoms with Crippen LogP contribution in [0.3, 0.4) is 0 Å². The molecule has 3 amide bonds. The highest BCUT2D eigenvalue weighted by molar-refractivity contribution is 7.96. The van der Waals surface area contributed by atoms with Crippen molar-refractivity contribution in [3.05, 3.63) is 24.0 Å². The zero-order valence-corrected chi connectivity index (χ0v) is 17.3. The van der Waals surface area contributed by atoms with E-state index in [1.165, 1.54) is 11.0 Å². The quantitative estimate of drug-likeness (QED) is 0.577. The number of cyclic esters (lactones) is 1. The molecular formula is C17H23ClFN5O4S. The number of ether oxygens (including phenoxy) is 1. The number of halogens is 2. The van der Waals surface area contributed by atoms with Crippen molar-refractivity contribution in [3.63, 3.8) is 0 Å². The lowest BCUT2D eigenvalue weighted by molar-refractivity contribution is -0.129. The summed E-state index contributed by atoms with van der Waals surface area (Å²) in [6.45, 7) is 2.26. The maximum Gasteiger partial charge on any atom is 0.414 e. The van der Waals surface area contributed by atoms with E-state index < -0.39 is 23.3 Å². The van der Waals surface area contributed by atoms with Crippen LogP contribution in [0.5, 0.6) is 0 Å². The molecule has 0 radical (unpaired) electrons. The first kappa shape index (κ1) is 23.0. The van der Waals surface area contributed by atoms with Crippen molar-refractivity contribution in [2.24, 2.45) is 5.73 Å². The van der Waals surface area contributed by atoms with Crippen molar-refractivity contribution in [2.45, 2.75) is 6.10 Å². The van der Waals surface area contributed by atoms with Crippen molar-refractivity contribution < 1.29 is 23.5 Å². The summed E-state index contributed by atoms with van der Waals surface area (Å²) in [4.78, 5) is 39.4. The van der Waals surface area contributed by atoms with Gasteiger partial charge in [0.1, 0.15) is 11.9 Å². The first-order valence-corrected chi connectivity index (χ1v) is 9.31. The van der Waals surface area contributed by atoms with E-state index in [9.17, 15) is 18.8 Å². The van der Waals surface area contributed by atoms with Crippen molar-refractivity contribution in [3.8, 4) is 0 Å². The maximum absolute atomic E-state index is 14.7. The van der Waals surface area contributed by atoms with E-state index in [1.54, 1.807) is 17.0 Å². The molecule has 29 heavy (non-hydrogen) atoms. The molecule has 3 N–H and O–H groups in total. The predicted molar refractivity (Wildman–Crippen MR) is 111 cm³/mol. The highest BCUT2D eigenvalue weighted by atomic mass is 35.5. The molecule has 160 valence electrons. The lowest BCUT2D eigenvalue weighted by atomic mass is 10.2. The Kier molecular flexibility index (Phi) is 7.94. The zero-order chi connectivity index (χ0) is 20.3. The molecule has 2 saturated heterocycles. The maximum atomic E-state index is 14.7. The normalized spacial score (nSPS) is 18.9. The number of benzene rings is 1. The SMILES string of the molecule is Cl.NCC(=O)N1CCN(c2ccc(N3CC(CNC(=O)S)OC3=O)cc2F)CC1. The lowest BCUT2D eigenvalue weighted by Gasteiger charge is -2.36.